The molecule has 3 heterocycles. The van der Waals surface area contributed by atoms with Crippen molar-refractivity contribution in [1.29, 1.82) is 0 Å². The molecule has 0 saturated carbocycles. The highest BCUT2D eigenvalue weighted by atomic mass is 32.1. The molecule has 0 bridgehead atoms. The molecule has 3 aromatic carbocycles. The second-order valence-electron chi connectivity index (χ2n) is 9.61. The largest absolute Gasteiger partial charge is 0.507 e. The third-order valence-electron chi connectivity index (χ3n) is 7.00. The van der Waals surface area contributed by atoms with Crippen molar-refractivity contribution in [3.8, 4) is 23.0 Å². The summed E-state index contributed by atoms with van der Waals surface area (Å²) in [5, 5.41) is 22.2. The first kappa shape index (κ1) is 25.7. The van der Waals surface area contributed by atoms with E-state index in [1.807, 2.05) is 13.0 Å². The second-order valence-corrected chi connectivity index (χ2v) is 10.6. The summed E-state index contributed by atoms with van der Waals surface area (Å²) in [6, 6.07) is 14.2. The first-order valence-electron chi connectivity index (χ1n) is 12.8. The van der Waals surface area contributed by atoms with Crippen LogP contribution in [-0.2, 0) is 16.0 Å². The number of aliphatic hydroxyl groups excluding tert-OH is 1. The van der Waals surface area contributed by atoms with E-state index >= 15 is 0 Å². The van der Waals surface area contributed by atoms with Gasteiger partial charge in [-0.2, -0.15) is 0 Å². The summed E-state index contributed by atoms with van der Waals surface area (Å²) in [5.74, 6) is -0.480. The number of hydrogen-bond donors (Lipinski definition) is 2. The Morgan fingerprint density at radius 3 is 2.75 bits per heavy atom. The smallest absolute Gasteiger partial charge is 0.301 e. The molecule has 9 nitrogen and oxygen atoms in total. The van der Waals surface area contributed by atoms with Gasteiger partial charge in [0.15, 0.2) is 16.6 Å². The number of phenolic OH excluding ortho intramolecular Hbond substituents is 1. The van der Waals surface area contributed by atoms with Crippen molar-refractivity contribution < 1.29 is 34.0 Å². The van der Waals surface area contributed by atoms with Gasteiger partial charge in [-0.25, -0.2) is 4.98 Å². The van der Waals surface area contributed by atoms with Crippen LogP contribution in [-0.4, -0.2) is 46.7 Å². The van der Waals surface area contributed by atoms with Gasteiger partial charge in [0.1, 0.15) is 23.4 Å². The number of anilines is 1. The zero-order valence-electron chi connectivity index (χ0n) is 22.0. The number of methoxy groups -OCH3 is 1. The third-order valence-corrected chi connectivity index (χ3v) is 8.02. The summed E-state index contributed by atoms with van der Waals surface area (Å²) in [5.41, 5.74) is 2.33. The van der Waals surface area contributed by atoms with Crippen molar-refractivity contribution in [2.45, 2.75) is 32.4 Å². The van der Waals surface area contributed by atoms with Crippen LogP contribution in [0.15, 0.2) is 60.2 Å². The number of carbonyl (C=O) groups excluding carboxylic acids is 2. The Labute approximate surface area is 233 Å². The predicted molar refractivity (Wildman–Crippen MR) is 150 cm³/mol. The molecule has 0 unspecified atom stereocenters. The molecule has 2 aliphatic rings. The van der Waals surface area contributed by atoms with Crippen molar-refractivity contribution in [1.82, 2.24) is 4.98 Å². The molecule has 0 radical (unpaired) electrons. The molecule has 0 spiro atoms. The van der Waals surface area contributed by atoms with Crippen LogP contribution in [0.25, 0.3) is 16.0 Å². The fourth-order valence-corrected chi connectivity index (χ4v) is 6.19. The van der Waals surface area contributed by atoms with Crippen LogP contribution in [0.5, 0.6) is 23.0 Å². The number of hydrogen-bond acceptors (Lipinski definition) is 9. The number of Topliss-reactive ketones (excluding diaryl/α,β-unsaturated/α-hetero) is 1. The quantitative estimate of drug-likeness (QED) is 0.185. The number of rotatable bonds is 6. The summed E-state index contributed by atoms with van der Waals surface area (Å²) >= 11 is 1.23. The molecule has 204 valence electrons. The van der Waals surface area contributed by atoms with E-state index in [4.69, 9.17) is 14.2 Å². The number of aromatic nitrogens is 1. The Kier molecular flexibility index (Phi) is 6.34. The van der Waals surface area contributed by atoms with Crippen LogP contribution in [0.2, 0.25) is 0 Å². The van der Waals surface area contributed by atoms with Crippen molar-refractivity contribution in [3.63, 3.8) is 0 Å². The molecule has 1 amide bonds. The van der Waals surface area contributed by atoms with E-state index in [2.05, 4.69) is 4.98 Å². The minimum Gasteiger partial charge on any atom is -0.507 e. The highest BCUT2D eigenvalue weighted by Crippen LogP contribution is 2.46. The summed E-state index contributed by atoms with van der Waals surface area (Å²) < 4.78 is 17.5. The maximum Gasteiger partial charge on any atom is 0.301 e. The molecule has 2 atom stereocenters. The number of carbonyl (C=O) groups is 2. The number of phenols is 1. The number of ketones is 1. The van der Waals surface area contributed by atoms with Gasteiger partial charge < -0.3 is 24.4 Å². The van der Waals surface area contributed by atoms with Crippen molar-refractivity contribution >= 4 is 44.1 Å². The van der Waals surface area contributed by atoms with E-state index in [0.717, 1.165) is 16.0 Å². The second kappa shape index (κ2) is 9.87. The first-order chi connectivity index (χ1) is 19.3. The molecular weight excluding hydrogens is 532 g/mol. The molecular formula is C30H26N2O7S. The highest BCUT2D eigenvalue weighted by Gasteiger charge is 2.48. The summed E-state index contributed by atoms with van der Waals surface area (Å²) in [6.07, 6.45) is 0.670. The number of thiazole rings is 1. The van der Waals surface area contributed by atoms with Crippen molar-refractivity contribution in [2.24, 2.45) is 0 Å². The minimum atomic E-state index is -1.02. The van der Waals surface area contributed by atoms with Crippen molar-refractivity contribution in [2.75, 3.05) is 18.6 Å². The number of ether oxygens (including phenoxy) is 3. The number of aliphatic hydroxyl groups is 1. The maximum absolute atomic E-state index is 13.6. The van der Waals surface area contributed by atoms with Crippen LogP contribution in [0.4, 0.5) is 5.13 Å². The van der Waals surface area contributed by atoms with Crippen molar-refractivity contribution in [3.05, 3.63) is 76.9 Å². The molecule has 1 aromatic heterocycles. The monoisotopic (exact) mass is 558 g/mol. The minimum absolute atomic E-state index is 0.00428. The predicted octanol–water partition coefficient (Wildman–Crippen LogP) is 5.36. The topological polar surface area (TPSA) is 118 Å². The molecule has 0 aliphatic carbocycles. The Bertz CT molecular complexity index is 1710. The van der Waals surface area contributed by atoms with Gasteiger partial charge in [0, 0.05) is 12.0 Å². The molecule has 2 aliphatic heterocycles. The zero-order chi connectivity index (χ0) is 28.1. The van der Waals surface area contributed by atoms with Gasteiger partial charge in [0.25, 0.3) is 5.78 Å². The highest BCUT2D eigenvalue weighted by molar-refractivity contribution is 7.22. The normalized spacial score (nSPS) is 19.6. The summed E-state index contributed by atoms with van der Waals surface area (Å²) in [4.78, 5) is 33.2. The standard InChI is InChI=1S/C30H26N2O7S/c1-4-38-23-13-16(5-9-21(23)33)26-25(27(34)17-6-10-22-18(12-17)11-15(2)39-22)28(35)29(36)32(26)30-31-20-8-7-19(37-3)14-24(20)40-30/h5-10,12-15,26,33-34H,4,11H2,1-3H3/b27-25+/t15-,26+/m0/s1. The number of amides is 1. The Hall–Kier alpha value is -4.57. The van der Waals surface area contributed by atoms with Gasteiger partial charge in [-0.3, -0.25) is 14.5 Å². The summed E-state index contributed by atoms with van der Waals surface area (Å²) in [6.45, 7) is 4.04. The Morgan fingerprint density at radius 2 is 1.98 bits per heavy atom. The van der Waals surface area contributed by atoms with Crippen LogP contribution in [0.3, 0.4) is 0 Å². The van der Waals surface area contributed by atoms with Gasteiger partial charge in [-0.15, -0.1) is 0 Å². The Morgan fingerprint density at radius 1 is 1.15 bits per heavy atom. The van der Waals surface area contributed by atoms with Gasteiger partial charge in [0.2, 0.25) is 0 Å². The van der Waals surface area contributed by atoms with Gasteiger partial charge in [-0.05, 0) is 73.5 Å². The lowest BCUT2D eigenvalue weighted by molar-refractivity contribution is -0.132. The van der Waals surface area contributed by atoms with E-state index in [9.17, 15) is 19.8 Å². The fourth-order valence-electron chi connectivity index (χ4n) is 5.16. The molecule has 6 rings (SSSR count). The molecule has 40 heavy (non-hydrogen) atoms. The lowest BCUT2D eigenvalue weighted by Gasteiger charge is -2.23. The van der Waals surface area contributed by atoms with Gasteiger partial charge in [0.05, 0.1) is 35.5 Å². The van der Waals surface area contributed by atoms with Gasteiger partial charge >= 0.3 is 5.91 Å². The third kappa shape index (κ3) is 4.21. The van der Waals surface area contributed by atoms with E-state index < -0.39 is 17.7 Å². The Balaban J connectivity index is 1.54. The SMILES string of the molecule is CCOc1cc([C@@H]2/C(=C(\O)c3ccc4c(c3)C[C@H](C)O4)C(=O)C(=O)N2c2nc3ccc(OC)cc3s2)ccc1O. The van der Waals surface area contributed by atoms with Crippen LogP contribution in [0, 0.1) is 0 Å². The van der Waals surface area contributed by atoms with Crippen LogP contribution >= 0.6 is 11.3 Å². The van der Waals surface area contributed by atoms with Crippen LogP contribution < -0.4 is 19.1 Å². The number of nitrogens with zero attached hydrogens (tertiary/aromatic N) is 2. The number of benzene rings is 3. The van der Waals surface area contributed by atoms with Crippen LogP contribution in [0.1, 0.15) is 36.6 Å². The van der Waals surface area contributed by atoms with E-state index in [1.54, 1.807) is 56.5 Å². The van der Waals surface area contributed by atoms with E-state index in [-0.39, 0.29) is 34.1 Å². The average molecular weight is 559 g/mol. The average Bonchev–Trinajstić information content (AvgIpc) is 3.61. The molecule has 1 fully saturated rings. The molecule has 1 saturated heterocycles. The van der Waals surface area contributed by atoms with E-state index in [0.29, 0.717) is 35.4 Å². The lowest BCUT2D eigenvalue weighted by atomic mass is 9.94. The zero-order valence-corrected chi connectivity index (χ0v) is 22.8. The molecule has 2 N–H and O–H groups in total. The first-order valence-corrected chi connectivity index (χ1v) is 13.6. The maximum atomic E-state index is 13.6. The fraction of sp³-hybridized carbons (Fsp3) is 0.233. The number of fused-ring (bicyclic) bond motifs is 2. The molecule has 4 aromatic rings. The summed E-state index contributed by atoms with van der Waals surface area (Å²) in [7, 11) is 1.56. The van der Waals surface area contributed by atoms with E-state index in [1.165, 1.54) is 22.3 Å². The lowest BCUT2D eigenvalue weighted by Crippen LogP contribution is -2.29. The number of aromatic hydroxyl groups is 1. The molecule has 10 heteroatoms. The van der Waals surface area contributed by atoms with Gasteiger partial charge in [-0.1, -0.05) is 17.4 Å².